The molecule has 7 nitrogen and oxygen atoms in total. The number of hydrogen-bond acceptors (Lipinski definition) is 4. The van der Waals surface area contributed by atoms with Gasteiger partial charge in [0, 0.05) is 24.6 Å². The quantitative estimate of drug-likeness (QED) is 0.314. The minimum absolute atomic E-state index is 0.0157. The van der Waals surface area contributed by atoms with Crippen LogP contribution in [0.5, 0.6) is 0 Å². The van der Waals surface area contributed by atoms with E-state index in [-0.39, 0.29) is 30.0 Å². The predicted octanol–water partition coefficient (Wildman–Crippen LogP) is 5.15. The van der Waals surface area contributed by atoms with Crippen molar-refractivity contribution < 1.29 is 14.5 Å². The van der Waals surface area contributed by atoms with Gasteiger partial charge in [0.15, 0.2) is 0 Å². The Bertz CT molecular complexity index is 1160. The Morgan fingerprint density at radius 1 is 0.865 bits per heavy atom. The Labute approximate surface area is 217 Å². The molecule has 1 aliphatic rings. The van der Waals surface area contributed by atoms with Gasteiger partial charge in [0.2, 0.25) is 11.8 Å². The summed E-state index contributed by atoms with van der Waals surface area (Å²) in [6.45, 7) is 2.15. The summed E-state index contributed by atoms with van der Waals surface area (Å²) in [5.74, 6) is -0.709. The van der Waals surface area contributed by atoms with E-state index in [0.29, 0.717) is 5.92 Å². The fourth-order valence-corrected chi connectivity index (χ4v) is 5.05. The third-order valence-corrected chi connectivity index (χ3v) is 7.19. The number of nitrogens with one attached hydrogen (secondary N) is 2. The summed E-state index contributed by atoms with van der Waals surface area (Å²) in [7, 11) is 0. The van der Waals surface area contributed by atoms with Crippen LogP contribution < -0.4 is 10.6 Å². The van der Waals surface area contributed by atoms with E-state index >= 15 is 0 Å². The molecule has 0 aliphatic heterocycles. The lowest BCUT2D eigenvalue weighted by atomic mass is 9.85. The molecule has 3 atom stereocenters. The predicted molar refractivity (Wildman–Crippen MR) is 143 cm³/mol. The Kier molecular flexibility index (Phi) is 8.67. The second-order valence-electron chi connectivity index (χ2n) is 9.82. The Morgan fingerprint density at radius 3 is 1.97 bits per heavy atom. The van der Waals surface area contributed by atoms with Gasteiger partial charge in [0.05, 0.1) is 10.8 Å². The van der Waals surface area contributed by atoms with Gasteiger partial charge in [0.1, 0.15) is 6.04 Å². The van der Waals surface area contributed by atoms with Crippen LogP contribution in [-0.4, -0.2) is 28.8 Å². The maximum atomic E-state index is 13.8. The van der Waals surface area contributed by atoms with Gasteiger partial charge in [0.25, 0.3) is 5.69 Å². The van der Waals surface area contributed by atoms with Crippen LogP contribution in [0.15, 0.2) is 84.9 Å². The number of nitrogens with zero attached hydrogens (tertiary/aromatic N) is 1. The van der Waals surface area contributed by atoms with Crippen LogP contribution >= 0.6 is 0 Å². The van der Waals surface area contributed by atoms with Gasteiger partial charge in [-0.2, -0.15) is 0 Å². The van der Waals surface area contributed by atoms with Crippen molar-refractivity contribution in [3.8, 4) is 0 Å². The second kappa shape index (κ2) is 12.3. The molecule has 0 unspecified atom stereocenters. The molecule has 1 aliphatic carbocycles. The van der Waals surface area contributed by atoms with E-state index in [2.05, 4.69) is 17.6 Å². The van der Waals surface area contributed by atoms with Crippen LogP contribution in [0.2, 0.25) is 0 Å². The number of benzene rings is 3. The zero-order valence-electron chi connectivity index (χ0n) is 21.0. The van der Waals surface area contributed by atoms with Crippen molar-refractivity contribution in [2.75, 3.05) is 0 Å². The molecule has 0 heterocycles. The van der Waals surface area contributed by atoms with Crippen LogP contribution in [0.25, 0.3) is 0 Å². The summed E-state index contributed by atoms with van der Waals surface area (Å²) in [4.78, 5) is 37.9. The average molecular weight is 500 g/mol. The topological polar surface area (TPSA) is 101 Å². The van der Waals surface area contributed by atoms with Crippen LogP contribution in [0.1, 0.15) is 55.2 Å². The fraction of sp³-hybridized carbons (Fsp3) is 0.333. The van der Waals surface area contributed by atoms with Crippen molar-refractivity contribution >= 4 is 17.5 Å². The molecule has 7 heteroatoms. The summed E-state index contributed by atoms with van der Waals surface area (Å²) in [5.41, 5.74) is 2.39. The van der Waals surface area contributed by atoms with Crippen molar-refractivity contribution in [1.29, 1.82) is 0 Å². The van der Waals surface area contributed by atoms with Gasteiger partial charge in [-0.25, -0.2) is 0 Å². The van der Waals surface area contributed by atoms with Gasteiger partial charge in [-0.05, 0) is 35.4 Å². The number of rotatable bonds is 9. The molecule has 0 saturated heterocycles. The number of nitro groups is 1. The van der Waals surface area contributed by atoms with Crippen molar-refractivity contribution in [2.24, 2.45) is 5.92 Å². The molecule has 1 saturated carbocycles. The molecule has 3 aromatic carbocycles. The highest BCUT2D eigenvalue weighted by atomic mass is 16.6. The first-order chi connectivity index (χ1) is 17.9. The lowest BCUT2D eigenvalue weighted by Crippen LogP contribution is -2.53. The molecule has 0 spiro atoms. The third-order valence-electron chi connectivity index (χ3n) is 7.19. The molecular weight excluding hydrogens is 466 g/mol. The minimum atomic E-state index is -0.821. The maximum absolute atomic E-state index is 13.8. The number of carbonyl (C=O) groups excluding carboxylic acids is 2. The molecule has 37 heavy (non-hydrogen) atoms. The standard InChI is InChI=1S/C30H33N3O4/c1-21-10-8-9-15-26(21)31-29(34)27(20-22-16-18-25(19-17-22)33(36)37)32-30(35)28(23-11-4-2-5-12-23)24-13-6-3-7-14-24/h2-7,11-14,16-19,21,26-28H,8-10,15,20H2,1H3,(H,31,34)(H,32,35)/t21-,26-,27-/m0/s1. The molecule has 1 fully saturated rings. The largest absolute Gasteiger partial charge is 0.351 e. The highest BCUT2D eigenvalue weighted by Gasteiger charge is 2.31. The lowest BCUT2D eigenvalue weighted by molar-refractivity contribution is -0.384. The Balaban J connectivity index is 1.60. The first-order valence-electron chi connectivity index (χ1n) is 12.9. The number of carbonyl (C=O) groups is 2. The minimum Gasteiger partial charge on any atom is -0.351 e. The normalized spacial score (nSPS) is 18.1. The number of non-ortho nitro benzene ring substituents is 1. The lowest BCUT2D eigenvalue weighted by Gasteiger charge is -2.31. The van der Waals surface area contributed by atoms with Crippen molar-refractivity contribution in [3.05, 3.63) is 112 Å². The Morgan fingerprint density at radius 2 is 1.43 bits per heavy atom. The van der Waals surface area contributed by atoms with Gasteiger partial charge in [-0.15, -0.1) is 0 Å². The fourth-order valence-electron chi connectivity index (χ4n) is 5.05. The molecule has 2 N–H and O–H groups in total. The molecule has 3 aromatic rings. The van der Waals surface area contributed by atoms with Crippen LogP contribution in [0, 0.1) is 16.0 Å². The Hall–Kier alpha value is -4.00. The van der Waals surface area contributed by atoms with Gasteiger partial charge in [-0.3, -0.25) is 19.7 Å². The summed E-state index contributed by atoms with van der Waals surface area (Å²) < 4.78 is 0. The molecule has 192 valence electrons. The summed E-state index contributed by atoms with van der Waals surface area (Å²) in [5, 5.41) is 17.3. The maximum Gasteiger partial charge on any atom is 0.269 e. The van der Waals surface area contributed by atoms with Crippen LogP contribution in [0.4, 0.5) is 5.69 Å². The molecule has 0 bridgehead atoms. The zero-order valence-corrected chi connectivity index (χ0v) is 21.0. The van der Waals surface area contributed by atoms with Gasteiger partial charge < -0.3 is 10.6 Å². The highest BCUT2D eigenvalue weighted by Crippen LogP contribution is 2.26. The van der Waals surface area contributed by atoms with Crippen molar-refractivity contribution in [3.63, 3.8) is 0 Å². The number of nitro benzene ring substituents is 1. The molecule has 4 rings (SSSR count). The first-order valence-corrected chi connectivity index (χ1v) is 12.9. The van der Waals surface area contributed by atoms with Gasteiger partial charge >= 0.3 is 0 Å². The number of amides is 2. The van der Waals surface area contributed by atoms with E-state index in [9.17, 15) is 19.7 Å². The van der Waals surface area contributed by atoms with Crippen molar-refractivity contribution in [1.82, 2.24) is 10.6 Å². The number of hydrogen-bond donors (Lipinski definition) is 2. The molecule has 2 amide bonds. The van der Waals surface area contributed by atoms with E-state index in [0.717, 1.165) is 42.4 Å². The van der Waals surface area contributed by atoms with Gasteiger partial charge in [-0.1, -0.05) is 92.6 Å². The van der Waals surface area contributed by atoms with E-state index < -0.39 is 16.9 Å². The average Bonchev–Trinajstić information content (AvgIpc) is 2.91. The molecule has 0 aromatic heterocycles. The summed E-state index contributed by atoms with van der Waals surface area (Å²) in [6, 6.07) is 24.4. The summed E-state index contributed by atoms with van der Waals surface area (Å²) >= 11 is 0. The molecule has 0 radical (unpaired) electrons. The van der Waals surface area contributed by atoms with E-state index in [1.807, 2.05) is 60.7 Å². The second-order valence-corrected chi connectivity index (χ2v) is 9.82. The van der Waals surface area contributed by atoms with E-state index in [4.69, 9.17) is 0 Å². The van der Waals surface area contributed by atoms with E-state index in [1.165, 1.54) is 12.1 Å². The SMILES string of the molecule is C[C@H]1CCCC[C@@H]1NC(=O)[C@H](Cc1ccc([N+](=O)[O-])cc1)NC(=O)C(c1ccccc1)c1ccccc1. The van der Waals surface area contributed by atoms with Crippen molar-refractivity contribution in [2.45, 2.75) is 57.0 Å². The first kappa shape index (κ1) is 26.1. The monoisotopic (exact) mass is 499 g/mol. The highest BCUT2D eigenvalue weighted by molar-refractivity contribution is 5.92. The smallest absolute Gasteiger partial charge is 0.269 e. The molecular formula is C30H33N3O4. The zero-order chi connectivity index (χ0) is 26.2. The summed E-state index contributed by atoms with van der Waals surface area (Å²) in [6.07, 6.45) is 4.44. The van der Waals surface area contributed by atoms with Crippen LogP contribution in [0.3, 0.4) is 0 Å². The van der Waals surface area contributed by atoms with E-state index in [1.54, 1.807) is 12.1 Å². The van der Waals surface area contributed by atoms with Crippen LogP contribution in [-0.2, 0) is 16.0 Å². The third kappa shape index (κ3) is 6.82.